The van der Waals surface area contributed by atoms with Gasteiger partial charge in [0.15, 0.2) is 0 Å². The molecule has 2 heterocycles. The van der Waals surface area contributed by atoms with Crippen LogP contribution >= 0.6 is 0 Å². The highest BCUT2D eigenvalue weighted by atomic mass is 19.1. The SMILES string of the molecule is CCN1CCN(c2ccc(OC)cc2)CC1C1OCCc2cc(F)ccc21. The van der Waals surface area contributed by atoms with Gasteiger partial charge in [-0.25, -0.2) is 4.39 Å². The van der Waals surface area contributed by atoms with E-state index < -0.39 is 0 Å². The summed E-state index contributed by atoms with van der Waals surface area (Å²) in [6.45, 7) is 6.70. The van der Waals surface area contributed by atoms with E-state index in [1.165, 1.54) is 5.69 Å². The van der Waals surface area contributed by atoms with Crippen molar-refractivity contribution in [3.8, 4) is 5.75 Å². The predicted molar refractivity (Wildman–Crippen MR) is 105 cm³/mol. The minimum absolute atomic E-state index is 0.0182. The third-order valence-electron chi connectivity index (χ3n) is 5.81. The Morgan fingerprint density at radius 3 is 2.70 bits per heavy atom. The van der Waals surface area contributed by atoms with Crippen molar-refractivity contribution < 1.29 is 13.9 Å². The van der Waals surface area contributed by atoms with Crippen molar-refractivity contribution >= 4 is 5.69 Å². The molecule has 2 aliphatic heterocycles. The van der Waals surface area contributed by atoms with Crippen LogP contribution < -0.4 is 9.64 Å². The van der Waals surface area contributed by atoms with Crippen LogP contribution in [0.25, 0.3) is 0 Å². The van der Waals surface area contributed by atoms with Crippen molar-refractivity contribution in [2.24, 2.45) is 0 Å². The maximum Gasteiger partial charge on any atom is 0.123 e. The number of anilines is 1. The molecule has 0 spiro atoms. The van der Waals surface area contributed by atoms with E-state index in [-0.39, 0.29) is 18.0 Å². The monoisotopic (exact) mass is 370 g/mol. The number of benzene rings is 2. The molecule has 0 aromatic heterocycles. The van der Waals surface area contributed by atoms with Gasteiger partial charge in [-0.15, -0.1) is 0 Å². The molecule has 4 nitrogen and oxygen atoms in total. The Hall–Kier alpha value is -2.11. The first-order valence-electron chi connectivity index (χ1n) is 9.72. The van der Waals surface area contributed by atoms with E-state index in [9.17, 15) is 4.39 Å². The van der Waals surface area contributed by atoms with E-state index in [2.05, 4.69) is 28.9 Å². The van der Waals surface area contributed by atoms with Crippen molar-refractivity contribution in [3.05, 3.63) is 59.4 Å². The number of halogens is 1. The number of ether oxygens (including phenoxy) is 2. The lowest BCUT2D eigenvalue weighted by molar-refractivity contribution is -0.0266. The summed E-state index contributed by atoms with van der Waals surface area (Å²) in [6.07, 6.45) is 0.764. The summed E-state index contributed by atoms with van der Waals surface area (Å²) in [6, 6.07) is 13.6. The molecule has 2 aliphatic rings. The molecule has 1 fully saturated rings. The summed E-state index contributed by atoms with van der Waals surface area (Å²) in [5.41, 5.74) is 3.43. The number of nitrogens with zero attached hydrogens (tertiary/aromatic N) is 2. The molecule has 0 saturated carbocycles. The number of methoxy groups -OCH3 is 1. The van der Waals surface area contributed by atoms with Gasteiger partial charge >= 0.3 is 0 Å². The Kier molecular flexibility index (Phi) is 5.32. The maximum absolute atomic E-state index is 13.7. The number of likely N-dealkylation sites (N-methyl/N-ethyl adjacent to an activating group) is 1. The Labute approximate surface area is 160 Å². The van der Waals surface area contributed by atoms with E-state index in [1.807, 2.05) is 18.2 Å². The number of hydrogen-bond donors (Lipinski definition) is 0. The van der Waals surface area contributed by atoms with Gasteiger partial charge in [0.05, 0.1) is 25.9 Å². The zero-order valence-corrected chi connectivity index (χ0v) is 16.0. The Balaban J connectivity index is 1.60. The average molecular weight is 370 g/mol. The summed E-state index contributed by atoms with van der Waals surface area (Å²) in [5, 5.41) is 0. The first kappa shape index (κ1) is 18.3. The van der Waals surface area contributed by atoms with Gasteiger partial charge in [0.1, 0.15) is 11.6 Å². The fourth-order valence-electron chi connectivity index (χ4n) is 4.33. The first-order chi connectivity index (χ1) is 13.2. The van der Waals surface area contributed by atoms with Crippen LogP contribution in [0.1, 0.15) is 24.2 Å². The van der Waals surface area contributed by atoms with Crippen molar-refractivity contribution in [2.75, 3.05) is 44.8 Å². The molecule has 0 radical (unpaired) electrons. The van der Waals surface area contributed by atoms with Gasteiger partial charge in [-0.3, -0.25) is 4.90 Å². The normalized spacial score (nSPS) is 23.1. The van der Waals surface area contributed by atoms with Crippen LogP contribution in [0.2, 0.25) is 0 Å². The van der Waals surface area contributed by atoms with E-state index in [4.69, 9.17) is 9.47 Å². The van der Waals surface area contributed by atoms with Gasteiger partial charge in [0, 0.05) is 25.3 Å². The van der Waals surface area contributed by atoms with E-state index in [1.54, 1.807) is 19.2 Å². The number of piperazine rings is 1. The predicted octanol–water partition coefficient (Wildman–Crippen LogP) is 3.66. The first-order valence-corrected chi connectivity index (χ1v) is 9.72. The molecule has 5 heteroatoms. The summed E-state index contributed by atoms with van der Waals surface area (Å²) >= 11 is 0. The second kappa shape index (κ2) is 7.87. The fraction of sp³-hybridized carbons (Fsp3) is 0.455. The van der Waals surface area contributed by atoms with Crippen LogP contribution in [0, 0.1) is 5.82 Å². The topological polar surface area (TPSA) is 24.9 Å². The van der Waals surface area contributed by atoms with E-state index >= 15 is 0 Å². The van der Waals surface area contributed by atoms with Gasteiger partial charge in [-0.2, -0.15) is 0 Å². The molecule has 2 aromatic carbocycles. The van der Waals surface area contributed by atoms with Crippen molar-refractivity contribution in [1.82, 2.24) is 4.90 Å². The molecule has 2 atom stereocenters. The largest absolute Gasteiger partial charge is 0.497 e. The fourth-order valence-corrected chi connectivity index (χ4v) is 4.33. The molecule has 0 N–H and O–H groups in total. The average Bonchev–Trinajstić information content (AvgIpc) is 2.72. The second-order valence-corrected chi connectivity index (χ2v) is 7.22. The maximum atomic E-state index is 13.7. The van der Waals surface area contributed by atoms with Crippen molar-refractivity contribution in [2.45, 2.75) is 25.5 Å². The van der Waals surface area contributed by atoms with Gasteiger partial charge < -0.3 is 14.4 Å². The molecule has 0 aliphatic carbocycles. The van der Waals surface area contributed by atoms with Gasteiger partial charge in [0.25, 0.3) is 0 Å². The zero-order chi connectivity index (χ0) is 18.8. The highest BCUT2D eigenvalue weighted by molar-refractivity contribution is 5.50. The Bertz CT molecular complexity index is 780. The van der Waals surface area contributed by atoms with Crippen LogP contribution in [0.15, 0.2) is 42.5 Å². The molecule has 2 aromatic rings. The van der Waals surface area contributed by atoms with Gasteiger partial charge in [-0.05, 0) is 60.5 Å². The summed E-state index contributed by atoms with van der Waals surface area (Å²) < 4.78 is 25.2. The lowest BCUT2D eigenvalue weighted by atomic mass is 9.91. The lowest BCUT2D eigenvalue weighted by Crippen LogP contribution is -2.56. The number of hydrogen-bond acceptors (Lipinski definition) is 4. The van der Waals surface area contributed by atoms with E-state index in [0.29, 0.717) is 6.61 Å². The minimum atomic E-state index is -0.162. The van der Waals surface area contributed by atoms with Crippen LogP contribution in [0.4, 0.5) is 10.1 Å². The molecule has 27 heavy (non-hydrogen) atoms. The van der Waals surface area contributed by atoms with Crippen LogP contribution in [0.3, 0.4) is 0 Å². The molecule has 1 saturated heterocycles. The highest BCUT2D eigenvalue weighted by Crippen LogP contribution is 2.35. The molecule has 2 unspecified atom stereocenters. The smallest absolute Gasteiger partial charge is 0.123 e. The summed E-state index contributed by atoms with van der Waals surface area (Å²) in [4.78, 5) is 4.90. The van der Waals surface area contributed by atoms with Gasteiger partial charge in [-0.1, -0.05) is 13.0 Å². The van der Waals surface area contributed by atoms with Crippen LogP contribution in [-0.4, -0.2) is 50.8 Å². The molecule has 4 rings (SSSR count). The number of fused-ring (bicyclic) bond motifs is 1. The third kappa shape index (κ3) is 3.66. The van der Waals surface area contributed by atoms with Crippen molar-refractivity contribution in [1.29, 1.82) is 0 Å². The van der Waals surface area contributed by atoms with Gasteiger partial charge in [0.2, 0.25) is 0 Å². The summed E-state index contributed by atoms with van der Waals surface area (Å²) in [5.74, 6) is 0.708. The Morgan fingerprint density at radius 2 is 1.96 bits per heavy atom. The molecule has 0 bridgehead atoms. The molecule has 144 valence electrons. The third-order valence-corrected chi connectivity index (χ3v) is 5.81. The summed E-state index contributed by atoms with van der Waals surface area (Å²) in [7, 11) is 1.69. The van der Waals surface area contributed by atoms with Crippen molar-refractivity contribution in [3.63, 3.8) is 0 Å². The highest BCUT2D eigenvalue weighted by Gasteiger charge is 2.36. The standard InChI is InChI=1S/C22H27FN2O2/c1-3-24-11-12-25(18-5-7-19(26-2)8-6-18)15-21(24)22-20-9-4-17(23)14-16(20)10-13-27-22/h4-9,14,21-22H,3,10-13,15H2,1-2H3. The van der Waals surface area contributed by atoms with E-state index in [0.717, 1.165) is 49.5 Å². The molecular weight excluding hydrogens is 343 g/mol. The lowest BCUT2D eigenvalue weighted by Gasteiger charge is -2.46. The zero-order valence-electron chi connectivity index (χ0n) is 16.0. The number of rotatable bonds is 4. The van der Waals surface area contributed by atoms with Crippen LogP contribution in [0.5, 0.6) is 5.75 Å². The van der Waals surface area contributed by atoms with Crippen LogP contribution in [-0.2, 0) is 11.2 Å². The second-order valence-electron chi connectivity index (χ2n) is 7.22. The minimum Gasteiger partial charge on any atom is -0.497 e. The quantitative estimate of drug-likeness (QED) is 0.820. The molecule has 0 amide bonds. The molecular formula is C22H27FN2O2. The Morgan fingerprint density at radius 1 is 1.15 bits per heavy atom.